The highest BCUT2D eigenvalue weighted by Crippen LogP contribution is 2.21. The van der Waals surface area contributed by atoms with Crippen LogP contribution in [0.15, 0.2) is 53.4 Å². The second kappa shape index (κ2) is 12.0. The molecular formula is C22H25NO3S. The fourth-order valence-corrected chi connectivity index (χ4v) is 2.93. The van der Waals surface area contributed by atoms with Crippen LogP contribution in [0.25, 0.3) is 0 Å². The summed E-state index contributed by atoms with van der Waals surface area (Å²) in [5, 5.41) is 10.6. The van der Waals surface area contributed by atoms with Gasteiger partial charge in [0.1, 0.15) is 16.9 Å². The summed E-state index contributed by atoms with van der Waals surface area (Å²) in [7, 11) is 0. The second-order valence-electron chi connectivity index (χ2n) is 6.19. The number of ether oxygens (including phenoxy) is 2. The first-order valence-corrected chi connectivity index (χ1v) is 10.2. The topological polar surface area (TPSA) is 59.3 Å². The normalized spacial score (nSPS) is 10.2. The Morgan fingerprint density at radius 2 is 1.56 bits per heavy atom. The number of nitrogens with zero attached hydrogens (tertiary/aromatic N) is 1. The van der Waals surface area contributed by atoms with E-state index in [9.17, 15) is 4.79 Å². The lowest BCUT2D eigenvalue weighted by atomic mass is 10.1. The number of unbranched alkanes of at least 4 members (excludes halogenated alkanes) is 5. The molecule has 2 aromatic rings. The van der Waals surface area contributed by atoms with E-state index in [2.05, 4.69) is 6.92 Å². The third-order valence-electron chi connectivity index (χ3n) is 4.05. The molecule has 0 aliphatic heterocycles. The minimum atomic E-state index is -0.418. The van der Waals surface area contributed by atoms with Gasteiger partial charge in [-0.05, 0) is 66.7 Å². The van der Waals surface area contributed by atoms with Gasteiger partial charge >= 0.3 is 5.97 Å². The molecule has 0 amide bonds. The van der Waals surface area contributed by atoms with Crippen LogP contribution in [0, 0.1) is 10.7 Å². The number of thioether (sulfide) groups is 1. The molecule has 27 heavy (non-hydrogen) atoms. The lowest BCUT2D eigenvalue weighted by Gasteiger charge is -2.08. The number of esters is 1. The van der Waals surface area contributed by atoms with E-state index in [4.69, 9.17) is 14.7 Å². The summed E-state index contributed by atoms with van der Waals surface area (Å²) in [5.41, 5.74) is 0.470. The number of benzene rings is 2. The van der Waals surface area contributed by atoms with E-state index in [1.807, 2.05) is 5.40 Å². The van der Waals surface area contributed by atoms with Crippen molar-refractivity contribution in [2.24, 2.45) is 0 Å². The van der Waals surface area contributed by atoms with Crippen LogP contribution < -0.4 is 9.47 Å². The minimum Gasteiger partial charge on any atom is -0.494 e. The third kappa shape index (κ3) is 7.76. The zero-order valence-corrected chi connectivity index (χ0v) is 16.5. The Kier molecular flexibility index (Phi) is 9.29. The molecule has 0 fully saturated rings. The van der Waals surface area contributed by atoms with Gasteiger partial charge in [0.25, 0.3) is 0 Å². The van der Waals surface area contributed by atoms with Gasteiger partial charge in [-0.25, -0.2) is 4.79 Å². The van der Waals surface area contributed by atoms with Gasteiger partial charge in [0.2, 0.25) is 0 Å². The number of nitriles is 1. The van der Waals surface area contributed by atoms with E-state index in [-0.39, 0.29) is 0 Å². The van der Waals surface area contributed by atoms with Crippen molar-refractivity contribution >= 4 is 17.7 Å². The third-order valence-corrected chi connectivity index (χ3v) is 4.65. The molecule has 2 aromatic carbocycles. The molecule has 0 atom stereocenters. The Hall–Kier alpha value is -2.45. The Balaban J connectivity index is 1.75. The molecular weight excluding hydrogens is 358 g/mol. The van der Waals surface area contributed by atoms with Gasteiger partial charge in [-0.2, -0.15) is 5.26 Å². The number of hydrogen-bond acceptors (Lipinski definition) is 5. The van der Waals surface area contributed by atoms with Crippen LogP contribution in [0.2, 0.25) is 0 Å². The van der Waals surface area contributed by atoms with E-state index in [0.717, 1.165) is 28.8 Å². The van der Waals surface area contributed by atoms with Crippen molar-refractivity contribution in [3.05, 3.63) is 54.1 Å². The summed E-state index contributed by atoms with van der Waals surface area (Å²) in [4.78, 5) is 13.0. The average molecular weight is 384 g/mol. The molecule has 0 heterocycles. The molecule has 0 aliphatic rings. The zero-order valence-electron chi connectivity index (χ0n) is 15.6. The van der Waals surface area contributed by atoms with Gasteiger partial charge in [-0.1, -0.05) is 39.0 Å². The van der Waals surface area contributed by atoms with Crippen molar-refractivity contribution in [1.82, 2.24) is 0 Å². The molecule has 142 valence electrons. The van der Waals surface area contributed by atoms with Crippen LogP contribution in [0.1, 0.15) is 55.8 Å². The SMILES string of the molecule is CCCCCCCCOc1ccc(C(=O)Oc2ccc(SC#N)cc2)cc1. The first kappa shape index (κ1) is 20.9. The fourth-order valence-electron chi connectivity index (χ4n) is 2.55. The fraction of sp³-hybridized carbons (Fsp3) is 0.364. The van der Waals surface area contributed by atoms with Gasteiger partial charge in [-0.3, -0.25) is 0 Å². The maximum atomic E-state index is 12.2. The predicted molar refractivity (Wildman–Crippen MR) is 108 cm³/mol. The van der Waals surface area contributed by atoms with Gasteiger partial charge < -0.3 is 9.47 Å². The Labute approximate surface area is 165 Å². The first-order valence-electron chi connectivity index (χ1n) is 9.34. The summed E-state index contributed by atoms with van der Waals surface area (Å²) in [6, 6.07) is 13.8. The summed E-state index contributed by atoms with van der Waals surface area (Å²) in [5.74, 6) is 0.793. The molecule has 5 heteroatoms. The van der Waals surface area contributed by atoms with E-state index in [1.54, 1.807) is 48.5 Å². The van der Waals surface area contributed by atoms with Crippen molar-refractivity contribution in [2.45, 2.75) is 50.3 Å². The van der Waals surface area contributed by atoms with E-state index >= 15 is 0 Å². The standard InChI is InChI=1S/C22H25NO3S/c1-2-3-4-5-6-7-16-25-19-10-8-18(9-11-19)22(24)26-20-12-14-21(15-13-20)27-17-23/h8-15H,2-7,16H2,1H3. The number of hydrogen-bond donors (Lipinski definition) is 0. The van der Waals surface area contributed by atoms with Crippen LogP contribution in [-0.2, 0) is 0 Å². The molecule has 0 aliphatic carbocycles. The minimum absolute atomic E-state index is 0.418. The molecule has 2 rings (SSSR count). The van der Waals surface area contributed by atoms with Crippen LogP contribution in [-0.4, -0.2) is 12.6 Å². The highest BCUT2D eigenvalue weighted by atomic mass is 32.2. The first-order chi connectivity index (χ1) is 13.2. The number of carbonyl (C=O) groups is 1. The van der Waals surface area contributed by atoms with E-state index in [0.29, 0.717) is 17.9 Å². The molecule has 0 bridgehead atoms. The van der Waals surface area contributed by atoms with E-state index in [1.165, 1.54) is 32.1 Å². The largest absolute Gasteiger partial charge is 0.494 e. The van der Waals surface area contributed by atoms with Crippen LogP contribution in [0.5, 0.6) is 11.5 Å². The molecule has 0 N–H and O–H groups in total. The molecule has 0 aromatic heterocycles. The summed E-state index contributed by atoms with van der Waals surface area (Å²) in [6.07, 6.45) is 7.37. The van der Waals surface area contributed by atoms with Gasteiger partial charge in [0.15, 0.2) is 0 Å². The molecule has 0 saturated carbocycles. The van der Waals surface area contributed by atoms with Gasteiger partial charge in [0, 0.05) is 4.90 Å². The van der Waals surface area contributed by atoms with Crippen LogP contribution in [0.3, 0.4) is 0 Å². The summed E-state index contributed by atoms with van der Waals surface area (Å²) >= 11 is 1.06. The Morgan fingerprint density at radius 3 is 2.22 bits per heavy atom. The summed E-state index contributed by atoms with van der Waals surface area (Å²) in [6.45, 7) is 2.91. The summed E-state index contributed by atoms with van der Waals surface area (Å²) < 4.78 is 11.1. The van der Waals surface area contributed by atoms with Crippen LogP contribution in [0.4, 0.5) is 0 Å². The molecule has 0 unspecified atom stereocenters. The maximum Gasteiger partial charge on any atom is 0.343 e. The quantitative estimate of drug-likeness (QED) is 0.152. The van der Waals surface area contributed by atoms with Crippen molar-refractivity contribution in [1.29, 1.82) is 5.26 Å². The van der Waals surface area contributed by atoms with Crippen LogP contribution >= 0.6 is 11.8 Å². The highest BCUT2D eigenvalue weighted by molar-refractivity contribution is 8.03. The lowest BCUT2D eigenvalue weighted by Crippen LogP contribution is -2.08. The Morgan fingerprint density at radius 1 is 0.926 bits per heavy atom. The van der Waals surface area contributed by atoms with Crippen molar-refractivity contribution in [2.75, 3.05) is 6.61 Å². The number of rotatable bonds is 11. The Bertz CT molecular complexity index is 736. The maximum absolute atomic E-state index is 12.2. The monoisotopic (exact) mass is 383 g/mol. The molecule has 0 spiro atoms. The number of thiocyanates is 1. The van der Waals surface area contributed by atoms with Gasteiger partial charge in [0.05, 0.1) is 12.2 Å². The highest BCUT2D eigenvalue weighted by Gasteiger charge is 2.09. The number of carbonyl (C=O) groups excluding carboxylic acids is 1. The van der Waals surface area contributed by atoms with Crippen molar-refractivity contribution in [3.63, 3.8) is 0 Å². The van der Waals surface area contributed by atoms with Crippen molar-refractivity contribution in [3.8, 4) is 16.9 Å². The average Bonchev–Trinajstić information content (AvgIpc) is 2.69. The van der Waals surface area contributed by atoms with Gasteiger partial charge in [-0.15, -0.1) is 0 Å². The zero-order chi connectivity index (χ0) is 19.3. The lowest BCUT2D eigenvalue weighted by molar-refractivity contribution is 0.0734. The predicted octanol–water partition coefficient (Wildman–Crippen LogP) is 6.22. The van der Waals surface area contributed by atoms with E-state index < -0.39 is 5.97 Å². The molecule has 0 saturated heterocycles. The van der Waals surface area contributed by atoms with Crippen molar-refractivity contribution < 1.29 is 14.3 Å². The smallest absolute Gasteiger partial charge is 0.343 e. The second-order valence-corrected chi connectivity index (χ2v) is 7.05. The molecule has 4 nitrogen and oxygen atoms in total. The molecule has 0 radical (unpaired) electrons.